The van der Waals surface area contributed by atoms with E-state index in [1.54, 1.807) is 36.5 Å². The topological polar surface area (TPSA) is 82.8 Å². The van der Waals surface area contributed by atoms with E-state index in [0.29, 0.717) is 58.1 Å². The molecule has 0 radical (unpaired) electrons. The molecule has 1 heterocycles. The zero-order valence-electron chi connectivity index (χ0n) is 21.9. The lowest BCUT2D eigenvalue weighted by Gasteiger charge is -2.16. The Bertz CT molecular complexity index is 1550. The predicted molar refractivity (Wildman–Crippen MR) is 154 cm³/mol. The number of benzene rings is 3. The van der Waals surface area contributed by atoms with Crippen LogP contribution in [0.2, 0.25) is 0 Å². The van der Waals surface area contributed by atoms with Gasteiger partial charge in [0.05, 0.1) is 35.9 Å². The third-order valence-electron chi connectivity index (χ3n) is 6.19. The smallest absolute Gasteiger partial charge is 0.282 e. The predicted octanol–water partition coefficient (Wildman–Crippen LogP) is 6.58. The number of hydrogen-bond acceptors (Lipinski definition) is 6. The van der Waals surface area contributed by atoms with Crippen molar-refractivity contribution in [2.45, 2.75) is 40.0 Å². The molecule has 4 rings (SSSR count). The highest BCUT2D eigenvalue weighted by molar-refractivity contribution is 9.10. The molecule has 1 atom stereocenters. The van der Waals surface area contributed by atoms with Crippen molar-refractivity contribution in [2.75, 3.05) is 13.2 Å². The number of nitrogens with zero attached hydrogens (tertiary/aromatic N) is 3. The van der Waals surface area contributed by atoms with Gasteiger partial charge in [-0.25, -0.2) is 4.98 Å². The van der Waals surface area contributed by atoms with Crippen molar-refractivity contribution < 1.29 is 14.3 Å². The molecule has 0 aliphatic carbocycles. The lowest BCUT2D eigenvalue weighted by Crippen LogP contribution is -2.23. The monoisotopic (exact) mass is 575 g/mol. The fourth-order valence-corrected chi connectivity index (χ4v) is 4.42. The SMILES string of the molecule is CCOc1cc(OCC)c(C(=O)c2ccccc2)cc1C=Nn1c([C@@H](C)CC)nc2ccc(Br)cc2c1=O. The Morgan fingerprint density at radius 3 is 2.42 bits per heavy atom. The van der Waals surface area contributed by atoms with E-state index in [1.807, 2.05) is 58.0 Å². The summed E-state index contributed by atoms with van der Waals surface area (Å²) in [6.07, 6.45) is 2.33. The fourth-order valence-electron chi connectivity index (χ4n) is 4.06. The Morgan fingerprint density at radius 2 is 1.74 bits per heavy atom. The average Bonchev–Trinajstić information content (AvgIpc) is 2.93. The molecule has 38 heavy (non-hydrogen) atoms. The molecule has 1 aromatic heterocycles. The van der Waals surface area contributed by atoms with Crippen LogP contribution in [0.5, 0.6) is 11.5 Å². The van der Waals surface area contributed by atoms with Crippen LogP contribution in [0, 0.1) is 0 Å². The summed E-state index contributed by atoms with van der Waals surface area (Å²) in [4.78, 5) is 31.7. The number of carbonyl (C=O) groups excluding carboxylic acids is 1. The zero-order chi connectivity index (χ0) is 27.2. The first-order chi connectivity index (χ1) is 18.4. The normalized spacial score (nSPS) is 12.1. The Kier molecular flexibility index (Phi) is 8.73. The average molecular weight is 576 g/mol. The van der Waals surface area contributed by atoms with Gasteiger partial charge in [-0.1, -0.05) is 60.1 Å². The van der Waals surface area contributed by atoms with Gasteiger partial charge in [0.15, 0.2) is 5.78 Å². The van der Waals surface area contributed by atoms with Gasteiger partial charge >= 0.3 is 0 Å². The quantitative estimate of drug-likeness (QED) is 0.157. The number of fused-ring (bicyclic) bond motifs is 1. The molecule has 8 heteroatoms. The minimum absolute atomic E-state index is 0.00481. The van der Waals surface area contributed by atoms with E-state index in [9.17, 15) is 9.59 Å². The molecule has 0 aliphatic rings. The number of carbonyl (C=O) groups is 1. The van der Waals surface area contributed by atoms with Crippen molar-refractivity contribution in [1.29, 1.82) is 0 Å². The highest BCUT2D eigenvalue weighted by Crippen LogP contribution is 2.31. The highest BCUT2D eigenvalue weighted by Gasteiger charge is 2.20. The number of ether oxygens (including phenoxy) is 2. The van der Waals surface area contributed by atoms with Crippen LogP contribution in [0.15, 0.2) is 75.0 Å². The van der Waals surface area contributed by atoms with Crippen LogP contribution >= 0.6 is 15.9 Å². The van der Waals surface area contributed by atoms with Crippen LogP contribution in [0.25, 0.3) is 10.9 Å². The molecule has 0 bridgehead atoms. The van der Waals surface area contributed by atoms with E-state index >= 15 is 0 Å². The fraction of sp³-hybridized carbons (Fsp3) is 0.267. The van der Waals surface area contributed by atoms with Gasteiger partial charge in [0.2, 0.25) is 0 Å². The molecule has 4 aromatic rings. The zero-order valence-corrected chi connectivity index (χ0v) is 23.5. The van der Waals surface area contributed by atoms with Crippen LogP contribution in [0.4, 0.5) is 0 Å². The third kappa shape index (κ3) is 5.70. The summed E-state index contributed by atoms with van der Waals surface area (Å²) in [5.41, 5.74) is 1.82. The molecule has 196 valence electrons. The first kappa shape index (κ1) is 27.3. The lowest BCUT2D eigenvalue weighted by molar-refractivity contribution is 0.103. The largest absolute Gasteiger partial charge is 0.493 e. The van der Waals surface area contributed by atoms with Crippen molar-refractivity contribution in [3.8, 4) is 11.5 Å². The number of ketones is 1. The molecule has 0 saturated carbocycles. The van der Waals surface area contributed by atoms with E-state index in [4.69, 9.17) is 14.5 Å². The molecule has 0 aliphatic heterocycles. The maximum atomic E-state index is 13.5. The Labute approximate surface area is 230 Å². The molecule has 3 aromatic carbocycles. The van der Waals surface area contributed by atoms with Gasteiger partial charge in [-0.3, -0.25) is 9.59 Å². The molecule has 0 saturated heterocycles. The van der Waals surface area contributed by atoms with Gasteiger partial charge in [0, 0.05) is 27.6 Å². The summed E-state index contributed by atoms with van der Waals surface area (Å²) >= 11 is 3.44. The molecule has 0 fully saturated rings. The van der Waals surface area contributed by atoms with Crippen LogP contribution in [0.1, 0.15) is 67.3 Å². The molecule has 0 amide bonds. The summed E-state index contributed by atoms with van der Waals surface area (Å²) in [7, 11) is 0. The lowest BCUT2D eigenvalue weighted by atomic mass is 10.00. The van der Waals surface area contributed by atoms with Crippen molar-refractivity contribution in [3.05, 3.63) is 98.0 Å². The molecule has 0 spiro atoms. The number of hydrogen-bond donors (Lipinski definition) is 0. The van der Waals surface area contributed by atoms with E-state index in [-0.39, 0.29) is 17.3 Å². The van der Waals surface area contributed by atoms with Gasteiger partial charge in [0.1, 0.15) is 17.3 Å². The second kappa shape index (κ2) is 12.2. The van der Waals surface area contributed by atoms with Crippen LogP contribution < -0.4 is 15.0 Å². The van der Waals surface area contributed by atoms with Crippen LogP contribution in [0.3, 0.4) is 0 Å². The molecular weight excluding hydrogens is 546 g/mol. The second-order valence-corrected chi connectivity index (χ2v) is 9.67. The molecule has 7 nitrogen and oxygen atoms in total. The van der Waals surface area contributed by atoms with Crippen LogP contribution in [-0.4, -0.2) is 34.9 Å². The highest BCUT2D eigenvalue weighted by atomic mass is 79.9. The van der Waals surface area contributed by atoms with E-state index < -0.39 is 0 Å². The first-order valence-corrected chi connectivity index (χ1v) is 13.5. The van der Waals surface area contributed by atoms with E-state index in [2.05, 4.69) is 21.0 Å². The minimum atomic E-state index is -0.271. The van der Waals surface area contributed by atoms with Gasteiger partial charge in [-0.2, -0.15) is 9.78 Å². The standard InChI is InChI=1S/C30H30BrN3O4/c1-5-19(4)29-33-25-14-13-22(31)16-23(25)30(36)34(29)32-18-21-15-24(28(35)20-11-9-8-10-12-20)27(38-7-3)17-26(21)37-6-2/h8-19H,5-7H2,1-4H3/t19-/m0/s1. The van der Waals surface area contributed by atoms with Gasteiger partial charge in [-0.05, 0) is 44.5 Å². The number of aromatic nitrogens is 2. The van der Waals surface area contributed by atoms with Crippen molar-refractivity contribution in [2.24, 2.45) is 5.10 Å². The summed E-state index contributed by atoms with van der Waals surface area (Å²) in [6, 6.07) is 17.9. The maximum absolute atomic E-state index is 13.5. The summed E-state index contributed by atoms with van der Waals surface area (Å²) < 4.78 is 13.8. The van der Waals surface area contributed by atoms with Crippen molar-refractivity contribution in [1.82, 2.24) is 9.66 Å². The molecule has 0 N–H and O–H groups in total. The van der Waals surface area contributed by atoms with Gasteiger partial charge < -0.3 is 9.47 Å². The summed E-state index contributed by atoms with van der Waals surface area (Å²) in [5, 5.41) is 5.04. The van der Waals surface area contributed by atoms with Gasteiger partial charge in [-0.15, -0.1) is 0 Å². The van der Waals surface area contributed by atoms with E-state index in [0.717, 1.165) is 10.9 Å². The summed E-state index contributed by atoms with van der Waals surface area (Å²) in [5.74, 6) is 1.31. The molecule has 0 unspecified atom stereocenters. The molecular formula is C30H30BrN3O4. The van der Waals surface area contributed by atoms with Gasteiger partial charge in [0.25, 0.3) is 5.56 Å². The second-order valence-electron chi connectivity index (χ2n) is 8.75. The Balaban J connectivity index is 1.90. The van der Waals surface area contributed by atoms with Crippen LogP contribution in [-0.2, 0) is 0 Å². The Morgan fingerprint density at radius 1 is 1.03 bits per heavy atom. The first-order valence-electron chi connectivity index (χ1n) is 12.7. The maximum Gasteiger partial charge on any atom is 0.282 e. The van der Waals surface area contributed by atoms with Crippen molar-refractivity contribution >= 4 is 38.8 Å². The minimum Gasteiger partial charge on any atom is -0.493 e. The number of rotatable bonds is 10. The Hall–Kier alpha value is -3.78. The van der Waals surface area contributed by atoms with E-state index in [1.165, 1.54) is 4.68 Å². The summed E-state index contributed by atoms with van der Waals surface area (Å²) in [6.45, 7) is 8.58. The third-order valence-corrected chi connectivity index (χ3v) is 6.68. The van der Waals surface area contributed by atoms with Crippen molar-refractivity contribution in [3.63, 3.8) is 0 Å². The number of halogens is 1.